The number of aromatic amines is 1. The number of nitrogens with two attached hydrogens (primary N) is 1. The number of carbonyl (C=O) groups is 1. The van der Waals surface area contributed by atoms with E-state index in [4.69, 9.17) is 5.73 Å². The van der Waals surface area contributed by atoms with Gasteiger partial charge in [0.1, 0.15) is 0 Å². The second kappa shape index (κ2) is 4.33. The standard InChI is InChI=1S/C15H18N2O/c1-15(2,3)14-11(8-9-13(16)18)10-6-4-5-7-12(10)17-14/h4-9,17H,1-3H3,(H2,16,18)/b9-8+. The molecule has 1 amide bonds. The van der Waals surface area contributed by atoms with Gasteiger partial charge >= 0.3 is 0 Å². The molecule has 18 heavy (non-hydrogen) atoms. The molecule has 0 fully saturated rings. The van der Waals surface area contributed by atoms with Crippen molar-refractivity contribution in [1.29, 1.82) is 0 Å². The largest absolute Gasteiger partial charge is 0.366 e. The number of carbonyl (C=O) groups excluding carboxylic acids is 1. The van der Waals surface area contributed by atoms with E-state index in [1.54, 1.807) is 6.08 Å². The first-order valence-electron chi connectivity index (χ1n) is 5.98. The predicted octanol–water partition coefficient (Wildman–Crippen LogP) is 2.96. The lowest BCUT2D eigenvalue weighted by molar-refractivity contribution is -0.113. The van der Waals surface area contributed by atoms with Crippen molar-refractivity contribution in [2.24, 2.45) is 5.73 Å². The molecule has 0 unspecified atom stereocenters. The lowest BCUT2D eigenvalue weighted by atomic mass is 9.89. The van der Waals surface area contributed by atoms with Gasteiger partial charge in [-0.1, -0.05) is 39.0 Å². The van der Waals surface area contributed by atoms with E-state index in [0.29, 0.717) is 0 Å². The van der Waals surface area contributed by atoms with Gasteiger partial charge in [-0.2, -0.15) is 0 Å². The van der Waals surface area contributed by atoms with Crippen molar-refractivity contribution >= 4 is 22.9 Å². The van der Waals surface area contributed by atoms with E-state index >= 15 is 0 Å². The summed E-state index contributed by atoms with van der Waals surface area (Å²) in [5.74, 6) is -0.430. The fourth-order valence-corrected chi connectivity index (χ4v) is 2.09. The van der Waals surface area contributed by atoms with Crippen molar-refractivity contribution in [3.8, 4) is 0 Å². The number of H-pyrrole nitrogens is 1. The molecule has 1 aromatic heterocycles. The molecule has 0 atom stereocenters. The lowest BCUT2D eigenvalue weighted by Gasteiger charge is -2.18. The molecule has 1 aromatic carbocycles. The molecular weight excluding hydrogens is 224 g/mol. The maximum Gasteiger partial charge on any atom is 0.241 e. The third kappa shape index (κ3) is 2.30. The van der Waals surface area contributed by atoms with Gasteiger partial charge in [-0.05, 0) is 12.1 Å². The van der Waals surface area contributed by atoms with Crippen molar-refractivity contribution in [2.75, 3.05) is 0 Å². The van der Waals surface area contributed by atoms with Gasteiger partial charge in [0.15, 0.2) is 0 Å². The number of aromatic nitrogens is 1. The van der Waals surface area contributed by atoms with Gasteiger partial charge in [0.25, 0.3) is 0 Å². The summed E-state index contributed by atoms with van der Waals surface area (Å²) in [5, 5.41) is 1.11. The molecule has 3 nitrogen and oxygen atoms in total. The Morgan fingerprint density at radius 2 is 1.94 bits per heavy atom. The number of amides is 1. The SMILES string of the molecule is CC(C)(C)c1[nH]c2ccccc2c1/C=C/C(N)=O. The Balaban J connectivity index is 2.69. The number of primary amides is 1. The minimum Gasteiger partial charge on any atom is -0.366 e. The van der Waals surface area contributed by atoms with Crippen molar-refractivity contribution in [3.63, 3.8) is 0 Å². The van der Waals surface area contributed by atoms with Crippen LogP contribution in [0.4, 0.5) is 0 Å². The number of hydrogen-bond donors (Lipinski definition) is 2. The average Bonchev–Trinajstić information content (AvgIpc) is 2.64. The number of nitrogens with one attached hydrogen (secondary N) is 1. The highest BCUT2D eigenvalue weighted by molar-refractivity contribution is 5.96. The van der Waals surface area contributed by atoms with E-state index < -0.39 is 5.91 Å². The third-order valence-corrected chi connectivity index (χ3v) is 2.91. The minimum atomic E-state index is -0.430. The highest BCUT2D eigenvalue weighted by Gasteiger charge is 2.20. The Hall–Kier alpha value is -2.03. The summed E-state index contributed by atoms with van der Waals surface area (Å²) < 4.78 is 0. The summed E-state index contributed by atoms with van der Waals surface area (Å²) in [4.78, 5) is 14.3. The maximum absolute atomic E-state index is 10.9. The quantitative estimate of drug-likeness (QED) is 0.781. The van der Waals surface area contributed by atoms with Crippen LogP contribution in [0.1, 0.15) is 32.0 Å². The molecule has 0 saturated carbocycles. The van der Waals surface area contributed by atoms with E-state index in [9.17, 15) is 4.79 Å². The second-order valence-corrected chi connectivity index (χ2v) is 5.44. The molecule has 0 aliphatic carbocycles. The Labute approximate surface area is 107 Å². The van der Waals surface area contributed by atoms with Crippen LogP contribution in [0.2, 0.25) is 0 Å². The Bertz CT molecular complexity index is 615. The van der Waals surface area contributed by atoms with E-state index in [-0.39, 0.29) is 5.41 Å². The number of hydrogen-bond acceptors (Lipinski definition) is 1. The van der Waals surface area contributed by atoms with Crippen molar-refractivity contribution in [1.82, 2.24) is 4.98 Å². The van der Waals surface area contributed by atoms with E-state index in [1.165, 1.54) is 6.08 Å². The predicted molar refractivity (Wildman–Crippen MR) is 75.2 cm³/mol. The zero-order valence-electron chi connectivity index (χ0n) is 10.9. The van der Waals surface area contributed by atoms with Crippen molar-refractivity contribution in [3.05, 3.63) is 41.6 Å². The fourth-order valence-electron chi connectivity index (χ4n) is 2.09. The first-order valence-corrected chi connectivity index (χ1v) is 5.98. The highest BCUT2D eigenvalue weighted by atomic mass is 16.1. The molecule has 3 N–H and O–H groups in total. The zero-order chi connectivity index (χ0) is 13.3. The normalized spacial score (nSPS) is 12.4. The summed E-state index contributed by atoms with van der Waals surface area (Å²) in [6, 6.07) is 8.06. The Morgan fingerprint density at radius 1 is 1.28 bits per heavy atom. The van der Waals surface area contributed by atoms with E-state index in [2.05, 4.69) is 25.8 Å². The molecule has 0 saturated heterocycles. The molecule has 1 heterocycles. The summed E-state index contributed by atoms with van der Waals surface area (Å²) in [6.07, 6.45) is 3.20. The first-order chi connectivity index (χ1) is 8.39. The number of fused-ring (bicyclic) bond motifs is 1. The van der Waals surface area contributed by atoms with Crippen LogP contribution in [0.3, 0.4) is 0 Å². The molecule has 2 aromatic rings. The molecule has 0 bridgehead atoms. The topological polar surface area (TPSA) is 58.9 Å². The van der Waals surface area contributed by atoms with E-state index in [1.807, 2.05) is 24.3 Å². The highest BCUT2D eigenvalue weighted by Crippen LogP contribution is 2.32. The molecule has 0 aliphatic heterocycles. The summed E-state index contributed by atoms with van der Waals surface area (Å²) in [5.41, 5.74) is 8.39. The Morgan fingerprint density at radius 3 is 2.56 bits per heavy atom. The fraction of sp³-hybridized carbons (Fsp3) is 0.267. The van der Waals surface area contributed by atoms with Crippen LogP contribution in [-0.4, -0.2) is 10.9 Å². The van der Waals surface area contributed by atoms with Crippen LogP contribution in [-0.2, 0) is 10.2 Å². The smallest absolute Gasteiger partial charge is 0.241 e. The van der Waals surface area contributed by atoms with Gasteiger partial charge in [-0.15, -0.1) is 0 Å². The van der Waals surface area contributed by atoms with Gasteiger partial charge in [0.2, 0.25) is 5.91 Å². The van der Waals surface area contributed by atoms with Crippen molar-refractivity contribution < 1.29 is 4.79 Å². The van der Waals surface area contributed by atoms with Crippen LogP contribution in [0, 0.1) is 0 Å². The van der Waals surface area contributed by atoms with Crippen LogP contribution in [0.25, 0.3) is 17.0 Å². The molecular formula is C15H18N2O. The number of rotatable bonds is 2. The van der Waals surface area contributed by atoms with Gasteiger partial charge < -0.3 is 10.7 Å². The molecule has 0 spiro atoms. The van der Waals surface area contributed by atoms with Gasteiger partial charge in [-0.3, -0.25) is 4.79 Å². The third-order valence-electron chi connectivity index (χ3n) is 2.91. The van der Waals surface area contributed by atoms with Gasteiger partial charge in [0, 0.05) is 33.7 Å². The summed E-state index contributed by atoms with van der Waals surface area (Å²) in [7, 11) is 0. The second-order valence-electron chi connectivity index (χ2n) is 5.44. The molecule has 0 radical (unpaired) electrons. The van der Waals surface area contributed by atoms with Gasteiger partial charge in [-0.25, -0.2) is 0 Å². The summed E-state index contributed by atoms with van der Waals surface area (Å²) >= 11 is 0. The Kier molecular flexibility index (Phi) is 2.99. The summed E-state index contributed by atoms with van der Waals surface area (Å²) in [6.45, 7) is 6.41. The molecule has 94 valence electrons. The van der Waals surface area contributed by atoms with Crippen LogP contribution in [0.5, 0.6) is 0 Å². The zero-order valence-corrected chi connectivity index (χ0v) is 10.9. The first kappa shape index (κ1) is 12.4. The lowest BCUT2D eigenvalue weighted by Crippen LogP contribution is -2.13. The van der Waals surface area contributed by atoms with E-state index in [0.717, 1.165) is 22.2 Å². The van der Waals surface area contributed by atoms with Crippen LogP contribution in [0.15, 0.2) is 30.3 Å². The minimum absolute atomic E-state index is 0.0175. The van der Waals surface area contributed by atoms with Crippen LogP contribution < -0.4 is 5.73 Å². The molecule has 3 heteroatoms. The maximum atomic E-state index is 10.9. The molecule has 2 rings (SSSR count). The van der Waals surface area contributed by atoms with Crippen LogP contribution >= 0.6 is 0 Å². The average molecular weight is 242 g/mol. The monoisotopic (exact) mass is 242 g/mol. The number of benzene rings is 1. The van der Waals surface area contributed by atoms with Crippen molar-refractivity contribution in [2.45, 2.75) is 26.2 Å². The molecule has 0 aliphatic rings. The number of para-hydroxylation sites is 1. The van der Waals surface area contributed by atoms with Gasteiger partial charge in [0.05, 0.1) is 0 Å².